The van der Waals surface area contributed by atoms with Gasteiger partial charge >= 0.3 is 0 Å². The molecule has 1 aromatic carbocycles. The molecule has 1 aliphatic heterocycles. The van der Waals surface area contributed by atoms with Crippen molar-refractivity contribution in [1.29, 1.82) is 0 Å². The standard InChI is InChI=1S/C37H48FN9O8/c38-29-21-27(3-4-30(29)43-35-36-40-24-32(28-22-41-42-23-28)47(36)25-31(44-35)26-1-2-26)37(50)46-9-7-45(8-10-46)34(49)6-12-52-14-16-54-18-20-55-19-17-53-15-13-51-11-5-33(39)48/h3-4,21-26H,1-2,5-20H2,(H2,39,48)(H,41,42)(H,43,44). The number of hydrogen-bond acceptors (Lipinski definition) is 12. The molecule has 4 N–H and O–H groups in total. The van der Waals surface area contributed by atoms with E-state index in [1.54, 1.807) is 40.5 Å². The number of benzene rings is 1. The highest BCUT2D eigenvalue weighted by molar-refractivity contribution is 5.95. The van der Waals surface area contributed by atoms with Crippen molar-refractivity contribution in [3.8, 4) is 11.3 Å². The molecule has 3 aromatic heterocycles. The van der Waals surface area contributed by atoms with E-state index in [-0.39, 0.29) is 49.1 Å². The summed E-state index contributed by atoms with van der Waals surface area (Å²) >= 11 is 0. The van der Waals surface area contributed by atoms with Crippen LogP contribution in [0.1, 0.15) is 47.7 Å². The molecule has 0 radical (unpaired) electrons. The molecular formula is C37H48FN9O8. The largest absolute Gasteiger partial charge is 0.379 e. The third kappa shape index (κ3) is 11.5. The van der Waals surface area contributed by atoms with Gasteiger partial charge in [-0.25, -0.2) is 14.4 Å². The van der Waals surface area contributed by atoms with Crippen LogP contribution in [0.4, 0.5) is 15.9 Å². The van der Waals surface area contributed by atoms with E-state index in [1.165, 1.54) is 6.07 Å². The maximum Gasteiger partial charge on any atom is 0.254 e. The molecule has 0 atom stereocenters. The van der Waals surface area contributed by atoms with Gasteiger partial charge in [0.25, 0.3) is 5.91 Å². The number of hydrogen-bond donors (Lipinski definition) is 3. The number of aromatic nitrogens is 5. The first-order valence-electron chi connectivity index (χ1n) is 18.5. The van der Waals surface area contributed by atoms with Gasteiger partial charge in [-0.2, -0.15) is 5.10 Å². The molecule has 296 valence electrons. The number of primary amides is 1. The van der Waals surface area contributed by atoms with E-state index < -0.39 is 11.7 Å². The summed E-state index contributed by atoms with van der Waals surface area (Å²) < 4.78 is 44.5. The number of rotatable bonds is 23. The molecule has 0 bridgehead atoms. The summed E-state index contributed by atoms with van der Waals surface area (Å²) in [4.78, 5) is 49.4. The summed E-state index contributed by atoms with van der Waals surface area (Å²) in [6.07, 6.45) is 9.73. The van der Waals surface area contributed by atoms with Crippen LogP contribution in [0.3, 0.4) is 0 Å². The first-order valence-corrected chi connectivity index (χ1v) is 18.5. The molecule has 0 unspecified atom stereocenters. The maximum absolute atomic E-state index is 15.5. The average Bonchev–Trinajstić information content (AvgIpc) is 3.72. The maximum atomic E-state index is 15.5. The fourth-order valence-corrected chi connectivity index (χ4v) is 5.96. The highest BCUT2D eigenvalue weighted by atomic mass is 19.1. The lowest BCUT2D eigenvalue weighted by molar-refractivity contribution is -0.134. The summed E-state index contributed by atoms with van der Waals surface area (Å²) in [5.41, 5.74) is 8.60. The lowest BCUT2D eigenvalue weighted by atomic mass is 10.1. The Labute approximate surface area is 317 Å². The zero-order chi connectivity index (χ0) is 38.4. The number of aromatic amines is 1. The predicted octanol–water partition coefficient (Wildman–Crippen LogP) is 2.51. The molecular weight excluding hydrogens is 717 g/mol. The van der Waals surface area contributed by atoms with E-state index in [0.717, 1.165) is 29.8 Å². The molecule has 1 aliphatic carbocycles. The van der Waals surface area contributed by atoms with Gasteiger partial charge in [-0.1, -0.05) is 0 Å². The summed E-state index contributed by atoms with van der Waals surface area (Å²) in [7, 11) is 0. The van der Waals surface area contributed by atoms with Crippen LogP contribution in [0.25, 0.3) is 16.9 Å². The molecule has 0 spiro atoms. The second-order valence-corrected chi connectivity index (χ2v) is 13.1. The van der Waals surface area contributed by atoms with E-state index in [0.29, 0.717) is 96.4 Å². The molecule has 3 amide bonds. The van der Waals surface area contributed by atoms with Crippen molar-refractivity contribution in [2.75, 3.05) is 97.6 Å². The van der Waals surface area contributed by atoms with Gasteiger partial charge in [0.15, 0.2) is 11.5 Å². The van der Waals surface area contributed by atoms with Gasteiger partial charge in [0.2, 0.25) is 11.8 Å². The number of carbonyl (C=O) groups is 3. The summed E-state index contributed by atoms with van der Waals surface area (Å²) in [6.45, 7) is 5.21. The molecule has 17 nitrogen and oxygen atoms in total. The second kappa shape index (κ2) is 20.1. The third-order valence-corrected chi connectivity index (χ3v) is 9.13. The highest BCUT2D eigenvalue weighted by Crippen LogP contribution is 2.40. The van der Waals surface area contributed by atoms with Gasteiger partial charge in [-0.3, -0.25) is 23.9 Å². The van der Waals surface area contributed by atoms with Crippen LogP contribution in [0.15, 0.2) is 43.0 Å². The van der Waals surface area contributed by atoms with Gasteiger partial charge in [0, 0.05) is 62.0 Å². The Morgan fingerprint density at radius 3 is 2.04 bits per heavy atom. The van der Waals surface area contributed by atoms with Crippen LogP contribution < -0.4 is 11.1 Å². The number of amides is 3. The van der Waals surface area contributed by atoms with Crippen LogP contribution in [0, 0.1) is 5.82 Å². The number of piperazine rings is 1. The number of fused-ring (bicyclic) bond motifs is 1. The average molecular weight is 766 g/mol. The van der Waals surface area contributed by atoms with Crippen molar-refractivity contribution < 1.29 is 42.5 Å². The molecule has 18 heteroatoms. The Bertz CT molecular complexity index is 1860. The molecule has 4 heterocycles. The van der Waals surface area contributed by atoms with E-state index >= 15 is 4.39 Å². The van der Waals surface area contributed by atoms with Crippen molar-refractivity contribution in [2.24, 2.45) is 5.73 Å². The number of H-pyrrole nitrogens is 1. The Hall–Kier alpha value is -5.01. The smallest absolute Gasteiger partial charge is 0.254 e. The van der Waals surface area contributed by atoms with Crippen LogP contribution >= 0.6 is 0 Å². The quantitative estimate of drug-likeness (QED) is 0.0934. The molecule has 1 saturated carbocycles. The lowest BCUT2D eigenvalue weighted by Gasteiger charge is -2.35. The Morgan fingerprint density at radius 2 is 1.45 bits per heavy atom. The summed E-state index contributed by atoms with van der Waals surface area (Å²) in [5.74, 6) is -0.554. The van der Waals surface area contributed by atoms with E-state index in [1.807, 2.05) is 10.6 Å². The normalized spacial score (nSPS) is 14.5. The van der Waals surface area contributed by atoms with Crippen molar-refractivity contribution in [2.45, 2.75) is 31.6 Å². The fourth-order valence-electron chi connectivity index (χ4n) is 5.96. The Kier molecular flexibility index (Phi) is 14.5. The highest BCUT2D eigenvalue weighted by Gasteiger charge is 2.28. The van der Waals surface area contributed by atoms with Gasteiger partial charge in [-0.15, -0.1) is 0 Å². The van der Waals surface area contributed by atoms with Crippen molar-refractivity contribution in [1.82, 2.24) is 34.4 Å². The van der Waals surface area contributed by atoms with Crippen LogP contribution in [-0.2, 0) is 33.3 Å². The fraction of sp³-hybridized carbons (Fsp3) is 0.514. The van der Waals surface area contributed by atoms with Crippen LogP contribution in [0.5, 0.6) is 0 Å². The van der Waals surface area contributed by atoms with E-state index in [2.05, 4.69) is 20.5 Å². The number of nitrogens with two attached hydrogens (primary N) is 1. The number of halogens is 1. The van der Waals surface area contributed by atoms with Crippen LogP contribution in [0.2, 0.25) is 0 Å². The van der Waals surface area contributed by atoms with Gasteiger partial charge < -0.3 is 44.5 Å². The number of carbonyl (C=O) groups excluding carboxylic acids is 3. The number of nitrogens with one attached hydrogen (secondary N) is 2. The lowest BCUT2D eigenvalue weighted by Crippen LogP contribution is -2.50. The summed E-state index contributed by atoms with van der Waals surface area (Å²) in [5, 5.41) is 9.99. The molecule has 55 heavy (non-hydrogen) atoms. The molecule has 2 fully saturated rings. The Balaban J connectivity index is 0.854. The van der Waals surface area contributed by atoms with Gasteiger partial charge in [0.05, 0.1) is 102 Å². The molecule has 1 saturated heterocycles. The van der Waals surface area contributed by atoms with Crippen LogP contribution in [-0.4, -0.2) is 144 Å². The van der Waals surface area contributed by atoms with Gasteiger partial charge in [0.1, 0.15) is 5.82 Å². The minimum Gasteiger partial charge on any atom is -0.379 e. The van der Waals surface area contributed by atoms with Crippen molar-refractivity contribution in [3.63, 3.8) is 0 Å². The van der Waals surface area contributed by atoms with E-state index in [9.17, 15) is 14.4 Å². The van der Waals surface area contributed by atoms with E-state index in [4.69, 9.17) is 34.4 Å². The zero-order valence-corrected chi connectivity index (χ0v) is 30.8. The minimum absolute atomic E-state index is 0.0508. The second-order valence-electron chi connectivity index (χ2n) is 13.1. The Morgan fingerprint density at radius 1 is 0.836 bits per heavy atom. The predicted molar refractivity (Wildman–Crippen MR) is 197 cm³/mol. The molecule has 6 rings (SSSR count). The van der Waals surface area contributed by atoms with Crippen molar-refractivity contribution >= 4 is 34.9 Å². The zero-order valence-electron chi connectivity index (χ0n) is 30.8. The minimum atomic E-state index is -0.586. The third-order valence-electron chi connectivity index (χ3n) is 9.13. The topological polar surface area (TPSA) is 201 Å². The van der Waals surface area contributed by atoms with Crippen molar-refractivity contribution in [3.05, 3.63) is 60.1 Å². The molecule has 4 aromatic rings. The summed E-state index contributed by atoms with van der Waals surface area (Å²) in [6, 6.07) is 4.36. The SMILES string of the molecule is NC(=O)CCOCCOCCOCCOCCOCCC(=O)N1CCN(C(=O)c2ccc(Nc3nc(C4CC4)cn4c(-c5cn[nH]c5)cnc34)c(F)c2)CC1. The number of anilines is 2. The number of imidazole rings is 1. The first-order chi connectivity index (χ1) is 26.9. The number of ether oxygens (including phenoxy) is 5. The monoisotopic (exact) mass is 765 g/mol. The molecule has 2 aliphatic rings. The first kappa shape index (κ1) is 39.7. The number of nitrogens with zero attached hydrogens (tertiary/aromatic N) is 6. The van der Waals surface area contributed by atoms with Gasteiger partial charge in [-0.05, 0) is 31.0 Å².